The van der Waals surface area contributed by atoms with E-state index in [2.05, 4.69) is 0 Å². The van der Waals surface area contributed by atoms with Crippen LogP contribution in [0.5, 0.6) is 0 Å². The molecule has 1 saturated carbocycles. The molecule has 0 spiro atoms. The highest BCUT2D eigenvalue weighted by Gasteiger charge is 2.47. The highest BCUT2D eigenvalue weighted by molar-refractivity contribution is 4.85. The molecule has 0 amide bonds. The molecule has 0 aliphatic heterocycles. The fourth-order valence-electron chi connectivity index (χ4n) is 1.94. The van der Waals surface area contributed by atoms with Gasteiger partial charge in [-0.25, -0.2) is 0 Å². The Kier molecular flexibility index (Phi) is 3.78. The molecule has 0 aromatic heterocycles. The van der Waals surface area contributed by atoms with Crippen molar-refractivity contribution in [1.29, 1.82) is 0 Å². The molecule has 0 aromatic rings. The maximum atomic E-state index is 12.5. The highest BCUT2D eigenvalue weighted by atomic mass is 19.4. The fourth-order valence-corrected chi connectivity index (χ4v) is 1.94. The third kappa shape index (κ3) is 2.60. The van der Waals surface area contributed by atoms with Crippen molar-refractivity contribution in [3.05, 3.63) is 0 Å². The van der Waals surface area contributed by atoms with Crippen LogP contribution in [0, 0.1) is 5.92 Å². The van der Waals surface area contributed by atoms with Crippen molar-refractivity contribution in [2.24, 2.45) is 5.92 Å². The number of ether oxygens (including phenoxy) is 2. The largest absolute Gasteiger partial charge is 0.394 e. The zero-order valence-corrected chi connectivity index (χ0v) is 8.30. The summed E-state index contributed by atoms with van der Waals surface area (Å²) in [6.45, 7) is 0. The van der Waals surface area contributed by atoms with Crippen LogP contribution in [0.1, 0.15) is 19.3 Å². The van der Waals surface area contributed by atoms with Gasteiger partial charge in [0.05, 0.1) is 18.1 Å². The van der Waals surface area contributed by atoms with E-state index in [9.17, 15) is 13.2 Å². The summed E-state index contributed by atoms with van der Waals surface area (Å²) in [6, 6.07) is 0. The molecule has 0 N–H and O–H groups in total. The van der Waals surface area contributed by atoms with Crippen LogP contribution in [0.3, 0.4) is 0 Å². The minimum atomic E-state index is -4.15. The van der Waals surface area contributed by atoms with Gasteiger partial charge in [-0.05, 0) is 12.8 Å². The maximum absolute atomic E-state index is 12.5. The number of hydrogen-bond acceptors (Lipinski definition) is 2. The van der Waals surface area contributed by atoms with Crippen LogP contribution in [-0.4, -0.2) is 32.6 Å². The van der Waals surface area contributed by atoms with Gasteiger partial charge < -0.3 is 9.47 Å². The van der Waals surface area contributed by atoms with Gasteiger partial charge in [-0.3, -0.25) is 0 Å². The van der Waals surface area contributed by atoms with Crippen LogP contribution in [0.4, 0.5) is 13.2 Å². The van der Waals surface area contributed by atoms with Gasteiger partial charge >= 0.3 is 6.18 Å². The van der Waals surface area contributed by atoms with Crippen LogP contribution in [0.15, 0.2) is 0 Å². The maximum Gasteiger partial charge on any atom is 0.394 e. The van der Waals surface area contributed by atoms with Gasteiger partial charge in [-0.2, -0.15) is 13.2 Å². The Morgan fingerprint density at radius 3 is 2.14 bits per heavy atom. The fraction of sp³-hybridized carbons (Fsp3) is 1.00. The first kappa shape index (κ1) is 11.8. The van der Waals surface area contributed by atoms with Crippen LogP contribution >= 0.6 is 0 Å². The van der Waals surface area contributed by atoms with Crippen LogP contribution in [0.25, 0.3) is 0 Å². The zero-order chi connectivity index (χ0) is 10.8. The summed E-state index contributed by atoms with van der Waals surface area (Å²) in [5, 5.41) is 0. The second-order valence-electron chi connectivity index (χ2n) is 3.59. The molecule has 14 heavy (non-hydrogen) atoms. The second kappa shape index (κ2) is 4.49. The van der Waals surface area contributed by atoms with Gasteiger partial charge in [-0.1, -0.05) is 0 Å². The molecule has 1 rings (SSSR count). The van der Waals surface area contributed by atoms with Crippen molar-refractivity contribution in [3.8, 4) is 0 Å². The standard InChI is InChI=1S/C9H15F3O2/c1-13-6-3-4-7(9(10,11)12)8(5-6)14-2/h6-8H,3-5H2,1-2H3. The third-order valence-corrected chi connectivity index (χ3v) is 2.80. The van der Waals surface area contributed by atoms with Crippen LogP contribution in [-0.2, 0) is 9.47 Å². The lowest BCUT2D eigenvalue weighted by molar-refractivity contribution is -0.219. The molecule has 5 heteroatoms. The Hall–Kier alpha value is -0.290. The van der Waals surface area contributed by atoms with E-state index >= 15 is 0 Å². The first-order chi connectivity index (χ1) is 6.49. The lowest BCUT2D eigenvalue weighted by Gasteiger charge is -2.35. The Balaban J connectivity index is 2.61. The first-order valence-electron chi connectivity index (χ1n) is 4.61. The molecule has 1 aliphatic carbocycles. The predicted octanol–water partition coefficient (Wildman–Crippen LogP) is 2.38. The smallest absolute Gasteiger partial charge is 0.381 e. The Morgan fingerprint density at radius 1 is 1.07 bits per heavy atom. The predicted molar refractivity (Wildman–Crippen MR) is 45.0 cm³/mol. The lowest BCUT2D eigenvalue weighted by atomic mass is 9.84. The number of hydrogen-bond donors (Lipinski definition) is 0. The molecule has 0 radical (unpaired) electrons. The first-order valence-corrected chi connectivity index (χ1v) is 4.61. The Morgan fingerprint density at radius 2 is 1.71 bits per heavy atom. The molecule has 0 aromatic carbocycles. The average Bonchev–Trinajstić information content (AvgIpc) is 2.15. The van der Waals surface area contributed by atoms with E-state index in [1.807, 2.05) is 0 Å². The van der Waals surface area contributed by atoms with E-state index in [0.717, 1.165) is 0 Å². The number of alkyl halides is 3. The van der Waals surface area contributed by atoms with E-state index in [-0.39, 0.29) is 12.5 Å². The van der Waals surface area contributed by atoms with Crippen LogP contribution < -0.4 is 0 Å². The van der Waals surface area contributed by atoms with Crippen molar-refractivity contribution in [3.63, 3.8) is 0 Å². The Bertz CT molecular complexity index is 181. The lowest BCUT2D eigenvalue weighted by Crippen LogP contribution is -2.42. The van der Waals surface area contributed by atoms with E-state index in [4.69, 9.17) is 9.47 Å². The highest BCUT2D eigenvalue weighted by Crippen LogP contribution is 2.39. The normalized spacial score (nSPS) is 34.5. The molecule has 3 unspecified atom stereocenters. The van der Waals surface area contributed by atoms with Gasteiger partial charge in [0, 0.05) is 20.6 Å². The van der Waals surface area contributed by atoms with Crippen molar-refractivity contribution in [1.82, 2.24) is 0 Å². The van der Waals surface area contributed by atoms with Gasteiger partial charge in [0.15, 0.2) is 0 Å². The van der Waals surface area contributed by atoms with E-state index in [1.165, 1.54) is 14.2 Å². The van der Waals surface area contributed by atoms with Crippen LogP contribution in [0.2, 0.25) is 0 Å². The number of methoxy groups -OCH3 is 2. The topological polar surface area (TPSA) is 18.5 Å². The number of halogens is 3. The molecule has 2 nitrogen and oxygen atoms in total. The molecule has 1 fully saturated rings. The van der Waals surface area contributed by atoms with E-state index in [0.29, 0.717) is 12.8 Å². The van der Waals surface area contributed by atoms with Crippen molar-refractivity contribution in [2.45, 2.75) is 37.6 Å². The summed E-state index contributed by atoms with van der Waals surface area (Å²) in [5.74, 6) is -1.33. The SMILES string of the molecule is COC1CCC(C(F)(F)F)C(OC)C1. The summed E-state index contributed by atoms with van der Waals surface area (Å²) in [4.78, 5) is 0. The molecule has 0 saturated heterocycles. The van der Waals surface area contributed by atoms with Crippen molar-refractivity contribution >= 4 is 0 Å². The van der Waals surface area contributed by atoms with Gasteiger partial charge in [0.1, 0.15) is 0 Å². The van der Waals surface area contributed by atoms with Gasteiger partial charge in [0.2, 0.25) is 0 Å². The Labute approximate surface area is 81.4 Å². The van der Waals surface area contributed by atoms with E-state index in [1.54, 1.807) is 0 Å². The molecule has 0 heterocycles. The third-order valence-electron chi connectivity index (χ3n) is 2.80. The quantitative estimate of drug-likeness (QED) is 0.699. The monoisotopic (exact) mass is 212 g/mol. The summed E-state index contributed by atoms with van der Waals surface area (Å²) < 4.78 is 47.4. The molecule has 0 bridgehead atoms. The number of rotatable bonds is 2. The average molecular weight is 212 g/mol. The summed E-state index contributed by atoms with van der Waals surface area (Å²) >= 11 is 0. The van der Waals surface area contributed by atoms with Crippen molar-refractivity contribution < 1.29 is 22.6 Å². The minimum Gasteiger partial charge on any atom is -0.381 e. The minimum absolute atomic E-state index is 0.0977. The molecular formula is C9H15F3O2. The second-order valence-corrected chi connectivity index (χ2v) is 3.59. The zero-order valence-electron chi connectivity index (χ0n) is 8.30. The van der Waals surface area contributed by atoms with Gasteiger partial charge in [0.25, 0.3) is 0 Å². The van der Waals surface area contributed by atoms with Gasteiger partial charge in [-0.15, -0.1) is 0 Å². The summed E-state index contributed by atoms with van der Waals surface area (Å²) in [6.07, 6.45) is -4.12. The van der Waals surface area contributed by atoms with E-state index < -0.39 is 18.2 Å². The summed E-state index contributed by atoms with van der Waals surface area (Å²) in [5.41, 5.74) is 0. The molecule has 3 atom stereocenters. The molecular weight excluding hydrogens is 197 g/mol. The molecule has 84 valence electrons. The molecule has 1 aliphatic rings. The summed E-state index contributed by atoms with van der Waals surface area (Å²) in [7, 11) is 2.84. The van der Waals surface area contributed by atoms with Crippen molar-refractivity contribution in [2.75, 3.05) is 14.2 Å².